The highest BCUT2D eigenvalue weighted by Gasteiger charge is 2.37. The summed E-state index contributed by atoms with van der Waals surface area (Å²) in [6.07, 6.45) is 6.72. The zero-order valence-corrected chi connectivity index (χ0v) is 15.7. The number of quaternary nitrogens is 1. The van der Waals surface area contributed by atoms with Crippen molar-refractivity contribution < 1.29 is 9.59 Å². The summed E-state index contributed by atoms with van der Waals surface area (Å²) in [4.78, 5) is 0. The normalized spacial score (nSPS) is 18.5. The monoisotopic (exact) mass is 328 g/mol. The standard InChI is InChI=1S/C22H34NO/c1-4-23(3,5-2)19-13-12-18-22(24,20-14-8-6-9-15-20)21-16-10-7-11-17-21/h6,8-9,14-15,21,24H,4-5,7,10-11,13,16-17,19H2,1-3H3/q+1. The SMILES string of the molecule is CC[N+](C)(CC)CCC#CC(O)(c1ccccc1)C1CCCCC1. The van der Waals surface area contributed by atoms with Crippen molar-refractivity contribution in [1.82, 2.24) is 0 Å². The second kappa shape index (κ2) is 8.70. The van der Waals surface area contributed by atoms with Crippen LogP contribution >= 0.6 is 0 Å². The van der Waals surface area contributed by atoms with Gasteiger partial charge in [0, 0.05) is 5.92 Å². The number of aliphatic hydroxyl groups is 1. The predicted octanol–water partition coefficient (Wildman–Crippen LogP) is 4.33. The summed E-state index contributed by atoms with van der Waals surface area (Å²) >= 11 is 0. The molecule has 1 aromatic rings. The molecule has 24 heavy (non-hydrogen) atoms. The summed E-state index contributed by atoms with van der Waals surface area (Å²) in [6.45, 7) is 7.78. The second-order valence-corrected chi connectivity index (χ2v) is 7.49. The fourth-order valence-corrected chi connectivity index (χ4v) is 3.69. The van der Waals surface area contributed by atoms with Crippen LogP contribution in [0.25, 0.3) is 0 Å². The Hall–Kier alpha value is -1.30. The number of hydrogen-bond donors (Lipinski definition) is 1. The van der Waals surface area contributed by atoms with Crippen LogP contribution in [0.5, 0.6) is 0 Å². The van der Waals surface area contributed by atoms with Crippen molar-refractivity contribution in [3.63, 3.8) is 0 Å². The van der Waals surface area contributed by atoms with Crippen molar-refractivity contribution in [2.75, 3.05) is 26.7 Å². The smallest absolute Gasteiger partial charge is 0.153 e. The van der Waals surface area contributed by atoms with Crippen LogP contribution in [0, 0.1) is 17.8 Å². The lowest BCUT2D eigenvalue weighted by atomic mass is 9.73. The Balaban J connectivity index is 2.17. The molecule has 1 aromatic carbocycles. The fourth-order valence-electron chi connectivity index (χ4n) is 3.69. The minimum Gasteiger partial charge on any atom is -0.373 e. The van der Waals surface area contributed by atoms with Gasteiger partial charge < -0.3 is 9.59 Å². The molecule has 0 heterocycles. The van der Waals surface area contributed by atoms with Gasteiger partial charge in [-0.3, -0.25) is 0 Å². The van der Waals surface area contributed by atoms with Gasteiger partial charge in [0.05, 0.1) is 33.1 Å². The van der Waals surface area contributed by atoms with E-state index in [9.17, 15) is 5.11 Å². The van der Waals surface area contributed by atoms with Gasteiger partial charge in [-0.15, -0.1) is 0 Å². The Morgan fingerprint density at radius 2 is 1.71 bits per heavy atom. The van der Waals surface area contributed by atoms with Crippen LogP contribution in [-0.4, -0.2) is 36.3 Å². The Kier molecular flexibility index (Phi) is 6.90. The van der Waals surface area contributed by atoms with E-state index in [0.717, 1.165) is 48.9 Å². The summed E-state index contributed by atoms with van der Waals surface area (Å²) < 4.78 is 1.04. The molecule has 0 spiro atoms. The highest BCUT2D eigenvalue weighted by Crippen LogP contribution is 2.39. The summed E-state index contributed by atoms with van der Waals surface area (Å²) in [6, 6.07) is 10.1. The number of benzene rings is 1. The molecule has 0 aliphatic heterocycles. The molecule has 0 bridgehead atoms. The van der Waals surface area contributed by atoms with Crippen molar-refractivity contribution in [1.29, 1.82) is 0 Å². The Morgan fingerprint density at radius 1 is 1.08 bits per heavy atom. The van der Waals surface area contributed by atoms with Crippen molar-refractivity contribution in [3.8, 4) is 11.8 Å². The van der Waals surface area contributed by atoms with Crippen molar-refractivity contribution >= 4 is 0 Å². The molecule has 1 atom stereocenters. The van der Waals surface area contributed by atoms with Gasteiger partial charge in [0.1, 0.15) is 0 Å². The molecule has 2 heteroatoms. The molecule has 1 N–H and O–H groups in total. The quantitative estimate of drug-likeness (QED) is 0.608. The van der Waals surface area contributed by atoms with E-state index in [1.807, 2.05) is 30.3 Å². The molecule has 2 nitrogen and oxygen atoms in total. The van der Waals surface area contributed by atoms with Gasteiger partial charge in [0.25, 0.3) is 0 Å². The lowest BCUT2D eigenvalue weighted by Crippen LogP contribution is -2.44. The third-order valence-electron chi connectivity index (χ3n) is 5.99. The molecule has 132 valence electrons. The van der Waals surface area contributed by atoms with E-state index >= 15 is 0 Å². The molecule has 1 aliphatic rings. The van der Waals surface area contributed by atoms with E-state index in [0.29, 0.717) is 0 Å². The van der Waals surface area contributed by atoms with Crippen LogP contribution in [0.2, 0.25) is 0 Å². The zero-order valence-electron chi connectivity index (χ0n) is 15.7. The van der Waals surface area contributed by atoms with Gasteiger partial charge in [-0.25, -0.2) is 0 Å². The topological polar surface area (TPSA) is 20.2 Å². The zero-order chi connectivity index (χ0) is 17.5. The van der Waals surface area contributed by atoms with E-state index in [-0.39, 0.29) is 5.92 Å². The molecule has 1 fully saturated rings. The van der Waals surface area contributed by atoms with Crippen LogP contribution in [-0.2, 0) is 5.60 Å². The van der Waals surface area contributed by atoms with Gasteiger partial charge in [0.2, 0.25) is 0 Å². The van der Waals surface area contributed by atoms with Gasteiger partial charge in [0.15, 0.2) is 5.60 Å². The molecule has 1 saturated carbocycles. The Morgan fingerprint density at radius 3 is 2.29 bits per heavy atom. The first-order valence-electron chi connectivity index (χ1n) is 9.65. The van der Waals surface area contributed by atoms with Gasteiger partial charge in [-0.2, -0.15) is 0 Å². The maximum absolute atomic E-state index is 11.5. The lowest BCUT2D eigenvalue weighted by molar-refractivity contribution is -0.905. The second-order valence-electron chi connectivity index (χ2n) is 7.49. The molecular weight excluding hydrogens is 294 g/mol. The van der Waals surface area contributed by atoms with Crippen molar-refractivity contribution in [2.24, 2.45) is 5.92 Å². The highest BCUT2D eigenvalue weighted by atomic mass is 16.3. The average Bonchev–Trinajstić information content (AvgIpc) is 2.66. The first-order valence-corrected chi connectivity index (χ1v) is 9.65. The molecule has 1 aliphatic carbocycles. The van der Waals surface area contributed by atoms with Gasteiger partial charge >= 0.3 is 0 Å². The Labute approximate surface area is 148 Å². The van der Waals surface area contributed by atoms with Crippen LogP contribution < -0.4 is 0 Å². The third kappa shape index (κ3) is 4.62. The maximum atomic E-state index is 11.5. The van der Waals surface area contributed by atoms with Gasteiger partial charge in [-0.05, 0) is 32.3 Å². The molecular formula is C22H34NO+. The maximum Gasteiger partial charge on any atom is 0.153 e. The Bertz CT molecular complexity index is 546. The largest absolute Gasteiger partial charge is 0.373 e. The van der Waals surface area contributed by atoms with E-state index < -0.39 is 5.60 Å². The van der Waals surface area contributed by atoms with E-state index in [1.165, 1.54) is 19.3 Å². The van der Waals surface area contributed by atoms with Crippen LogP contribution in [0.3, 0.4) is 0 Å². The summed E-state index contributed by atoms with van der Waals surface area (Å²) in [5, 5.41) is 11.5. The van der Waals surface area contributed by atoms with Gasteiger partial charge in [-0.1, -0.05) is 61.4 Å². The molecule has 0 saturated heterocycles. The summed E-state index contributed by atoms with van der Waals surface area (Å²) in [7, 11) is 2.28. The first-order chi connectivity index (χ1) is 11.5. The molecule has 1 unspecified atom stereocenters. The fraction of sp³-hybridized carbons (Fsp3) is 0.636. The third-order valence-corrected chi connectivity index (χ3v) is 5.99. The number of rotatable bonds is 6. The summed E-state index contributed by atoms with van der Waals surface area (Å²) in [5.74, 6) is 6.89. The predicted molar refractivity (Wildman–Crippen MR) is 101 cm³/mol. The number of nitrogens with zero attached hydrogens (tertiary/aromatic N) is 1. The lowest BCUT2D eigenvalue weighted by Gasteiger charge is -2.35. The van der Waals surface area contributed by atoms with Crippen LogP contribution in [0.15, 0.2) is 30.3 Å². The minimum atomic E-state index is -0.983. The minimum absolute atomic E-state index is 0.263. The molecule has 0 radical (unpaired) electrons. The highest BCUT2D eigenvalue weighted by molar-refractivity contribution is 5.33. The molecule has 2 rings (SSSR count). The molecule has 0 aromatic heterocycles. The van der Waals surface area contributed by atoms with Crippen molar-refractivity contribution in [3.05, 3.63) is 35.9 Å². The molecule has 0 amide bonds. The first kappa shape index (κ1) is 19.0. The average molecular weight is 329 g/mol. The van der Waals surface area contributed by atoms with E-state index in [1.54, 1.807) is 0 Å². The number of hydrogen-bond acceptors (Lipinski definition) is 1. The van der Waals surface area contributed by atoms with E-state index in [4.69, 9.17) is 0 Å². The van der Waals surface area contributed by atoms with Crippen LogP contribution in [0.1, 0.15) is 57.9 Å². The van der Waals surface area contributed by atoms with E-state index in [2.05, 4.69) is 32.7 Å². The van der Waals surface area contributed by atoms with Crippen LogP contribution in [0.4, 0.5) is 0 Å². The van der Waals surface area contributed by atoms with Crippen molar-refractivity contribution in [2.45, 2.75) is 58.0 Å². The summed E-state index contributed by atoms with van der Waals surface area (Å²) in [5.41, 5.74) is -0.0172.